The van der Waals surface area contributed by atoms with Gasteiger partial charge in [0.1, 0.15) is 35.9 Å². The molecule has 2 heterocycles. The summed E-state index contributed by atoms with van der Waals surface area (Å²) in [5.74, 6) is -9.02. The molecule has 54 heavy (non-hydrogen) atoms. The van der Waals surface area contributed by atoms with Crippen LogP contribution in [0.15, 0.2) is 24.3 Å². The molecule has 0 aromatic heterocycles. The second kappa shape index (κ2) is 10.6. The summed E-state index contributed by atoms with van der Waals surface area (Å²) in [6, 6.07) is 4.85. The molecule has 6 N–H and O–H groups in total. The van der Waals surface area contributed by atoms with Gasteiger partial charge in [-0.1, -0.05) is 12.1 Å². The number of fused-ring (bicyclic) bond motifs is 2. The number of rotatable bonds is 5. The van der Waals surface area contributed by atoms with E-state index in [-0.39, 0.29) is 22.3 Å². The van der Waals surface area contributed by atoms with E-state index in [9.17, 15) is 59.4 Å². The summed E-state index contributed by atoms with van der Waals surface area (Å²) >= 11 is 0. The van der Waals surface area contributed by atoms with Gasteiger partial charge in [0.15, 0.2) is 45.5 Å². The van der Waals surface area contributed by atoms with E-state index in [1.807, 2.05) is 0 Å². The lowest BCUT2D eigenvalue weighted by Crippen LogP contribution is -2.65. The lowest BCUT2D eigenvalue weighted by molar-refractivity contribution is -0.164. The van der Waals surface area contributed by atoms with Crippen molar-refractivity contribution in [3.05, 3.63) is 46.5 Å². The number of ketones is 4. The Morgan fingerprint density at radius 1 is 0.648 bits per heavy atom. The number of phenolic OH excluding ortho intramolecular Hbond substituents is 2. The van der Waals surface area contributed by atoms with Crippen molar-refractivity contribution < 1.29 is 78.4 Å². The number of benzene rings is 2. The highest BCUT2D eigenvalue weighted by Gasteiger charge is 2.92. The number of aliphatic hydroxyl groups excluding tert-OH is 2. The number of phenols is 2. The highest BCUT2D eigenvalue weighted by Crippen LogP contribution is 2.73. The van der Waals surface area contributed by atoms with Crippen LogP contribution in [-0.4, -0.2) is 112 Å². The monoisotopic (exact) mass is 750 g/mol. The first-order valence-electron chi connectivity index (χ1n) is 17.4. The minimum absolute atomic E-state index is 0.213. The molecule has 0 amide bonds. The third-order valence-electron chi connectivity index (χ3n) is 12.6. The van der Waals surface area contributed by atoms with Gasteiger partial charge in [-0.15, -0.1) is 0 Å². The molecule has 12 atom stereocenters. The number of carbonyl (C=O) groups excluding carboxylic acids is 6. The number of epoxide rings is 2. The van der Waals surface area contributed by atoms with Gasteiger partial charge in [0.25, 0.3) is 0 Å². The van der Waals surface area contributed by atoms with Crippen LogP contribution in [0.1, 0.15) is 98.4 Å². The zero-order valence-electron chi connectivity index (χ0n) is 30.0. The van der Waals surface area contributed by atoms with Crippen LogP contribution in [0.3, 0.4) is 0 Å². The molecule has 0 bridgehead atoms. The van der Waals surface area contributed by atoms with Gasteiger partial charge in [-0.05, 0) is 39.8 Å². The Balaban J connectivity index is 1.24. The normalized spacial score (nSPS) is 40.9. The molecule has 2 aromatic rings. The molecular weight excluding hydrogens is 712 g/mol. The van der Waals surface area contributed by atoms with Crippen LogP contribution in [0.5, 0.6) is 11.5 Å². The molecule has 4 aliphatic carbocycles. The SMILES string of the molecule is CC(=O)OC(C)[C@H]1[C@@](C)(O)CC(=O)[C@]23O[C@]12C(=O)c1ccc(-c2ccc4c(c2O)[C@@H](O)[C@@]25O[C@]2(C4=O)[C@@H]([C@@H](C)OC(C)=O)[C@@](C)(O)CC5=O)c(O)c1[C@H]3O. The second-order valence-electron chi connectivity index (χ2n) is 16.0. The molecule has 2 aliphatic heterocycles. The lowest BCUT2D eigenvalue weighted by atomic mass is 9.55. The second-order valence-corrected chi connectivity index (χ2v) is 16.0. The van der Waals surface area contributed by atoms with E-state index in [1.165, 1.54) is 52.0 Å². The smallest absolute Gasteiger partial charge is 0.302 e. The minimum atomic E-state index is -2.26. The maximum atomic E-state index is 14.3. The lowest BCUT2D eigenvalue weighted by Gasteiger charge is -2.46. The average Bonchev–Trinajstić information content (AvgIpc) is 3.94. The third-order valence-corrected chi connectivity index (χ3v) is 12.6. The maximum absolute atomic E-state index is 14.3. The van der Waals surface area contributed by atoms with Crippen molar-refractivity contribution >= 4 is 35.1 Å². The van der Waals surface area contributed by atoms with Crippen molar-refractivity contribution in [2.75, 3.05) is 0 Å². The van der Waals surface area contributed by atoms with Gasteiger partial charge in [0.2, 0.25) is 0 Å². The van der Waals surface area contributed by atoms with Crippen molar-refractivity contribution in [2.45, 2.75) is 112 Å². The summed E-state index contributed by atoms with van der Waals surface area (Å²) in [7, 11) is 0. The van der Waals surface area contributed by atoms with Crippen molar-refractivity contribution in [1.29, 1.82) is 0 Å². The highest BCUT2D eigenvalue weighted by atomic mass is 16.7. The van der Waals surface area contributed by atoms with Gasteiger partial charge in [-0.25, -0.2) is 0 Å². The molecule has 6 aliphatic rings. The van der Waals surface area contributed by atoms with E-state index in [0.29, 0.717) is 0 Å². The van der Waals surface area contributed by atoms with Gasteiger partial charge in [-0.2, -0.15) is 0 Å². The number of esters is 2. The topological polar surface area (TPSA) is 267 Å². The summed E-state index contributed by atoms with van der Waals surface area (Å²) in [5.41, 5.74) is -14.5. The van der Waals surface area contributed by atoms with Crippen LogP contribution in [-0.2, 0) is 38.1 Å². The number of aliphatic hydroxyl groups is 4. The zero-order chi connectivity index (χ0) is 39.6. The molecular formula is C38H38O16. The van der Waals surface area contributed by atoms with E-state index in [0.717, 1.165) is 13.8 Å². The van der Waals surface area contributed by atoms with Crippen molar-refractivity contribution in [3.8, 4) is 22.6 Å². The summed E-state index contributed by atoms with van der Waals surface area (Å²) in [4.78, 5) is 79.8. The Morgan fingerprint density at radius 3 is 1.28 bits per heavy atom. The Kier molecular flexibility index (Phi) is 7.13. The van der Waals surface area contributed by atoms with Crippen LogP contribution >= 0.6 is 0 Å². The largest absolute Gasteiger partial charge is 0.507 e. The Bertz CT molecular complexity index is 2020. The first-order valence-corrected chi connectivity index (χ1v) is 17.4. The van der Waals surface area contributed by atoms with Gasteiger partial charge in [0.05, 0.1) is 23.0 Å². The first kappa shape index (κ1) is 36.4. The van der Waals surface area contributed by atoms with Gasteiger partial charge in [0, 0.05) is 60.1 Å². The van der Waals surface area contributed by atoms with Crippen molar-refractivity contribution in [3.63, 3.8) is 0 Å². The number of hydrogen-bond donors (Lipinski definition) is 6. The van der Waals surface area contributed by atoms with Crippen molar-refractivity contribution in [2.24, 2.45) is 11.8 Å². The number of Topliss-reactive ketones (excluding diaryl/α,β-unsaturated/α-hetero) is 4. The molecule has 1 unspecified atom stereocenters. The molecule has 2 saturated carbocycles. The maximum Gasteiger partial charge on any atom is 0.302 e. The minimum Gasteiger partial charge on any atom is -0.507 e. The van der Waals surface area contributed by atoms with Crippen LogP contribution in [0, 0.1) is 11.8 Å². The molecule has 2 aromatic carbocycles. The van der Waals surface area contributed by atoms with Crippen LogP contribution in [0.4, 0.5) is 0 Å². The Hall–Kier alpha value is -4.58. The molecule has 16 heteroatoms. The number of aromatic hydroxyl groups is 2. The van der Waals surface area contributed by atoms with Crippen molar-refractivity contribution in [1.82, 2.24) is 0 Å². The van der Waals surface area contributed by atoms with Gasteiger partial charge < -0.3 is 49.6 Å². The number of hydrogen-bond acceptors (Lipinski definition) is 16. The highest BCUT2D eigenvalue weighted by molar-refractivity contribution is 6.18. The predicted molar refractivity (Wildman–Crippen MR) is 177 cm³/mol. The first-order chi connectivity index (χ1) is 25.0. The van der Waals surface area contributed by atoms with E-state index in [1.54, 1.807) is 0 Å². The summed E-state index contributed by atoms with van der Waals surface area (Å²) in [6.07, 6.45) is -7.48. The fraction of sp³-hybridized carbons (Fsp3) is 0.526. The molecule has 0 radical (unpaired) electrons. The molecule has 0 spiro atoms. The molecule has 8 rings (SSSR count). The molecule has 286 valence electrons. The summed E-state index contributed by atoms with van der Waals surface area (Å²) in [5, 5.41) is 70.0. The quantitative estimate of drug-likeness (QED) is 0.182. The number of ether oxygens (including phenoxy) is 4. The standard InChI is InChI=1S/C38H38O16/c1-13(51-15(3)39)27-33(5,49)11-21(41)35-31(47)23-19(29(45)37(27,35)53-35)9-7-17(25(23)43)18-8-10-20-24(26(18)44)32(48)36-22(42)12-34(6,50)28(14(2)52-16(4)40)38(36,54-36)30(20)46/h7-10,13-14,27-28,31-32,43-44,47-50H,11-12H2,1-6H3/t13-,14?,27+,28+,31-,32-,33+,34+,35-,36-,37+,38+/m1/s1. The summed E-state index contributed by atoms with van der Waals surface area (Å²) in [6.45, 7) is 7.69. The summed E-state index contributed by atoms with van der Waals surface area (Å²) < 4.78 is 22.5. The fourth-order valence-corrected chi connectivity index (χ4v) is 10.9. The van der Waals surface area contributed by atoms with Crippen LogP contribution in [0.2, 0.25) is 0 Å². The van der Waals surface area contributed by atoms with E-state index >= 15 is 0 Å². The molecule has 16 nitrogen and oxygen atoms in total. The van der Waals surface area contributed by atoms with E-state index in [2.05, 4.69) is 0 Å². The van der Waals surface area contributed by atoms with E-state index < -0.39 is 140 Å². The average molecular weight is 751 g/mol. The Morgan fingerprint density at radius 2 is 0.963 bits per heavy atom. The van der Waals surface area contributed by atoms with E-state index in [4.69, 9.17) is 18.9 Å². The van der Waals surface area contributed by atoms with Crippen LogP contribution < -0.4 is 0 Å². The van der Waals surface area contributed by atoms with Gasteiger partial charge >= 0.3 is 11.9 Å². The van der Waals surface area contributed by atoms with Gasteiger partial charge in [-0.3, -0.25) is 28.8 Å². The van der Waals surface area contributed by atoms with Crippen LogP contribution in [0.25, 0.3) is 11.1 Å². The molecule has 2 saturated heterocycles. The zero-order valence-corrected chi connectivity index (χ0v) is 30.0. The molecule has 4 fully saturated rings. The third kappa shape index (κ3) is 3.92. The predicted octanol–water partition coefficient (Wildman–Crippen LogP) is 0.823. The fourth-order valence-electron chi connectivity index (χ4n) is 10.9. The Labute approximate surface area is 306 Å². The number of carbonyl (C=O) groups is 6.